The van der Waals surface area contributed by atoms with Crippen molar-refractivity contribution in [2.24, 2.45) is 0 Å². The second-order valence-corrected chi connectivity index (χ2v) is 6.98. The van der Waals surface area contributed by atoms with Crippen LogP contribution >= 0.6 is 0 Å². The Labute approximate surface area is 168 Å². The highest BCUT2D eigenvalue weighted by molar-refractivity contribution is 5.91. The predicted molar refractivity (Wildman–Crippen MR) is 110 cm³/mol. The van der Waals surface area contributed by atoms with Crippen LogP contribution in [-0.2, 0) is 0 Å². The molecule has 0 aliphatic carbocycles. The van der Waals surface area contributed by atoms with E-state index in [1.807, 2.05) is 13.0 Å². The standard InChI is InChI=1S/C20H24N6O3/c1-12-10-22-20(23-11-12)29-13-4-6-26(7-5-13)19-24-15-9-17(28-3)16(27-2)8-14(15)18(21)25-19/h8-11,13H,4-7H2,1-3H3,(H2,21,24,25). The van der Waals surface area contributed by atoms with E-state index in [1.165, 1.54) is 0 Å². The summed E-state index contributed by atoms with van der Waals surface area (Å²) in [6, 6.07) is 4.04. The van der Waals surface area contributed by atoms with Gasteiger partial charge < -0.3 is 24.8 Å². The number of hydrogen-bond acceptors (Lipinski definition) is 9. The Morgan fingerprint density at radius 2 is 1.66 bits per heavy atom. The number of piperidine rings is 1. The second-order valence-electron chi connectivity index (χ2n) is 6.98. The number of ether oxygens (including phenoxy) is 3. The summed E-state index contributed by atoms with van der Waals surface area (Å²) in [5.74, 6) is 2.22. The average Bonchev–Trinajstić information content (AvgIpc) is 2.75. The molecular weight excluding hydrogens is 372 g/mol. The Hall–Kier alpha value is -3.36. The number of hydrogen-bond donors (Lipinski definition) is 1. The van der Waals surface area contributed by atoms with Gasteiger partial charge in [0.25, 0.3) is 0 Å². The summed E-state index contributed by atoms with van der Waals surface area (Å²) in [6.45, 7) is 3.47. The van der Waals surface area contributed by atoms with E-state index in [0.717, 1.165) is 42.4 Å². The third kappa shape index (κ3) is 3.94. The largest absolute Gasteiger partial charge is 0.493 e. The number of nitrogens with two attached hydrogens (primary N) is 1. The molecule has 0 saturated carbocycles. The Balaban J connectivity index is 1.49. The smallest absolute Gasteiger partial charge is 0.316 e. The van der Waals surface area contributed by atoms with Crippen LogP contribution in [-0.4, -0.2) is 53.3 Å². The molecule has 4 rings (SSSR count). The molecule has 1 aromatic carbocycles. The van der Waals surface area contributed by atoms with Crippen LogP contribution < -0.4 is 24.8 Å². The molecule has 3 heterocycles. The molecule has 1 aliphatic heterocycles. The van der Waals surface area contributed by atoms with Crippen molar-refractivity contribution < 1.29 is 14.2 Å². The summed E-state index contributed by atoms with van der Waals surface area (Å²) in [7, 11) is 3.18. The number of nitrogen functional groups attached to an aromatic ring is 1. The predicted octanol–water partition coefficient (Wildman–Crippen LogP) is 2.38. The van der Waals surface area contributed by atoms with E-state index in [9.17, 15) is 0 Å². The molecule has 1 fully saturated rings. The third-order valence-corrected chi connectivity index (χ3v) is 4.97. The average molecular weight is 396 g/mol. The number of rotatable bonds is 5. The van der Waals surface area contributed by atoms with Gasteiger partial charge in [-0.25, -0.2) is 15.0 Å². The highest BCUT2D eigenvalue weighted by Crippen LogP contribution is 2.34. The van der Waals surface area contributed by atoms with Crippen LogP contribution in [0, 0.1) is 6.92 Å². The zero-order chi connectivity index (χ0) is 20.4. The molecule has 29 heavy (non-hydrogen) atoms. The first kappa shape index (κ1) is 19.0. The molecule has 2 N–H and O–H groups in total. The summed E-state index contributed by atoms with van der Waals surface area (Å²) >= 11 is 0. The molecular formula is C20H24N6O3. The van der Waals surface area contributed by atoms with Gasteiger partial charge in [-0.15, -0.1) is 0 Å². The van der Waals surface area contributed by atoms with Gasteiger partial charge in [0.2, 0.25) is 5.95 Å². The first-order valence-corrected chi connectivity index (χ1v) is 9.47. The zero-order valence-electron chi connectivity index (χ0n) is 16.8. The van der Waals surface area contributed by atoms with Crippen molar-refractivity contribution in [3.8, 4) is 17.5 Å². The topological polar surface area (TPSA) is 109 Å². The lowest BCUT2D eigenvalue weighted by Crippen LogP contribution is -2.39. The quantitative estimate of drug-likeness (QED) is 0.695. The fraction of sp³-hybridized carbons (Fsp3) is 0.400. The van der Waals surface area contributed by atoms with Crippen LogP contribution in [0.2, 0.25) is 0 Å². The van der Waals surface area contributed by atoms with E-state index >= 15 is 0 Å². The van der Waals surface area contributed by atoms with Crippen molar-refractivity contribution in [1.82, 2.24) is 19.9 Å². The van der Waals surface area contributed by atoms with Crippen molar-refractivity contribution in [3.05, 3.63) is 30.1 Å². The SMILES string of the molecule is COc1cc2nc(N3CCC(Oc4ncc(C)cn4)CC3)nc(N)c2cc1OC. The van der Waals surface area contributed by atoms with E-state index in [-0.39, 0.29) is 6.10 Å². The normalized spacial score (nSPS) is 14.8. The number of aryl methyl sites for hydroxylation is 1. The molecule has 0 atom stereocenters. The van der Waals surface area contributed by atoms with E-state index in [0.29, 0.717) is 29.3 Å². The van der Waals surface area contributed by atoms with Crippen LogP contribution in [0.4, 0.5) is 11.8 Å². The minimum atomic E-state index is 0.0658. The van der Waals surface area contributed by atoms with E-state index < -0.39 is 0 Å². The van der Waals surface area contributed by atoms with E-state index in [2.05, 4.69) is 19.9 Å². The van der Waals surface area contributed by atoms with E-state index in [1.54, 1.807) is 32.7 Å². The van der Waals surface area contributed by atoms with Crippen LogP contribution in [0.5, 0.6) is 17.5 Å². The minimum absolute atomic E-state index is 0.0658. The summed E-state index contributed by atoms with van der Waals surface area (Å²) in [5.41, 5.74) is 7.93. The Bertz CT molecular complexity index is 1000. The van der Waals surface area contributed by atoms with Crippen LogP contribution in [0.15, 0.2) is 24.5 Å². The molecule has 1 saturated heterocycles. The third-order valence-electron chi connectivity index (χ3n) is 4.97. The molecule has 0 amide bonds. The van der Waals surface area contributed by atoms with Gasteiger partial charge in [-0.3, -0.25) is 0 Å². The Kier molecular flexibility index (Phi) is 5.20. The lowest BCUT2D eigenvalue weighted by Gasteiger charge is -2.31. The zero-order valence-corrected chi connectivity index (χ0v) is 16.8. The first-order chi connectivity index (χ1) is 14.1. The van der Waals surface area contributed by atoms with Gasteiger partial charge in [-0.1, -0.05) is 0 Å². The molecule has 0 spiro atoms. The summed E-state index contributed by atoms with van der Waals surface area (Å²) in [6.07, 6.45) is 5.23. The molecule has 0 radical (unpaired) electrons. The number of nitrogens with zero attached hydrogens (tertiary/aromatic N) is 5. The molecule has 152 valence electrons. The summed E-state index contributed by atoms with van der Waals surface area (Å²) in [5, 5.41) is 0.737. The van der Waals surface area contributed by atoms with Crippen LogP contribution in [0.3, 0.4) is 0 Å². The summed E-state index contributed by atoms with van der Waals surface area (Å²) < 4.78 is 16.6. The molecule has 1 aliphatic rings. The Morgan fingerprint density at radius 3 is 2.31 bits per heavy atom. The van der Waals surface area contributed by atoms with Gasteiger partial charge in [-0.05, 0) is 18.6 Å². The van der Waals surface area contributed by atoms with Crippen molar-refractivity contribution in [3.63, 3.8) is 0 Å². The van der Waals surface area contributed by atoms with Crippen molar-refractivity contribution in [2.45, 2.75) is 25.9 Å². The molecule has 9 nitrogen and oxygen atoms in total. The van der Waals surface area contributed by atoms with Gasteiger partial charge in [0.15, 0.2) is 11.5 Å². The fourth-order valence-corrected chi connectivity index (χ4v) is 3.37. The maximum absolute atomic E-state index is 6.21. The molecule has 3 aromatic rings. The molecule has 2 aromatic heterocycles. The highest BCUT2D eigenvalue weighted by Gasteiger charge is 2.24. The van der Waals surface area contributed by atoms with Gasteiger partial charge in [0.05, 0.1) is 19.7 Å². The van der Waals surface area contributed by atoms with Crippen molar-refractivity contribution in [2.75, 3.05) is 37.9 Å². The van der Waals surface area contributed by atoms with Crippen molar-refractivity contribution >= 4 is 22.7 Å². The fourth-order valence-electron chi connectivity index (χ4n) is 3.37. The maximum Gasteiger partial charge on any atom is 0.316 e. The second kappa shape index (κ2) is 7.94. The van der Waals surface area contributed by atoms with Gasteiger partial charge in [0.1, 0.15) is 11.9 Å². The minimum Gasteiger partial charge on any atom is -0.493 e. The summed E-state index contributed by atoms with van der Waals surface area (Å²) in [4.78, 5) is 19.7. The number of methoxy groups -OCH3 is 2. The van der Waals surface area contributed by atoms with Gasteiger partial charge in [0, 0.05) is 49.8 Å². The van der Waals surface area contributed by atoms with Crippen molar-refractivity contribution in [1.29, 1.82) is 0 Å². The monoisotopic (exact) mass is 396 g/mol. The van der Waals surface area contributed by atoms with Crippen LogP contribution in [0.25, 0.3) is 10.9 Å². The number of fused-ring (bicyclic) bond motifs is 1. The maximum atomic E-state index is 6.21. The highest BCUT2D eigenvalue weighted by atomic mass is 16.5. The van der Waals surface area contributed by atoms with Gasteiger partial charge in [-0.2, -0.15) is 4.98 Å². The molecule has 0 bridgehead atoms. The van der Waals surface area contributed by atoms with Gasteiger partial charge >= 0.3 is 6.01 Å². The molecule has 0 unspecified atom stereocenters. The van der Waals surface area contributed by atoms with Crippen LogP contribution in [0.1, 0.15) is 18.4 Å². The molecule has 9 heteroatoms. The first-order valence-electron chi connectivity index (χ1n) is 9.47. The lowest BCUT2D eigenvalue weighted by molar-refractivity contribution is 0.156. The van der Waals surface area contributed by atoms with E-state index in [4.69, 9.17) is 24.9 Å². The number of anilines is 2. The number of benzene rings is 1. The number of aromatic nitrogens is 4. The Morgan fingerprint density at radius 1 is 1.00 bits per heavy atom. The lowest BCUT2D eigenvalue weighted by atomic mass is 10.1.